The zero-order valence-electron chi connectivity index (χ0n) is 15.9. The molecule has 0 saturated carbocycles. The number of hydrogen-bond donors (Lipinski definition) is 2. The first-order valence-electron chi connectivity index (χ1n) is 9.51. The van der Waals surface area contributed by atoms with Gasteiger partial charge in [-0.1, -0.05) is 30.3 Å². The van der Waals surface area contributed by atoms with Crippen molar-refractivity contribution in [3.05, 3.63) is 89.4 Å². The van der Waals surface area contributed by atoms with Crippen LogP contribution in [0.4, 0.5) is 11.4 Å². The van der Waals surface area contributed by atoms with Crippen LogP contribution in [0.25, 0.3) is 10.9 Å². The van der Waals surface area contributed by atoms with Gasteiger partial charge in [0.25, 0.3) is 0 Å². The average molecular weight is 366 g/mol. The van der Waals surface area contributed by atoms with E-state index >= 15 is 0 Å². The number of H-pyrrole nitrogens is 1. The lowest BCUT2D eigenvalue weighted by atomic mass is 10.0. The maximum absolute atomic E-state index is 9.60. The molecule has 0 aliphatic carbocycles. The minimum atomic E-state index is 0.575. The summed E-state index contributed by atoms with van der Waals surface area (Å²) >= 11 is 0. The maximum Gasteiger partial charge on any atom is 0.103 e. The fourth-order valence-corrected chi connectivity index (χ4v) is 3.61. The van der Waals surface area contributed by atoms with Crippen LogP contribution in [0.2, 0.25) is 0 Å². The van der Waals surface area contributed by atoms with Crippen LogP contribution in [-0.4, -0.2) is 9.97 Å². The first-order valence-corrected chi connectivity index (χ1v) is 9.51. The van der Waals surface area contributed by atoms with E-state index in [1.807, 2.05) is 18.5 Å². The van der Waals surface area contributed by atoms with Crippen LogP contribution < -0.4 is 5.32 Å². The quantitative estimate of drug-likeness (QED) is 0.462. The number of aromatic nitrogens is 2. The zero-order valence-corrected chi connectivity index (χ0v) is 15.9. The predicted molar refractivity (Wildman–Crippen MR) is 114 cm³/mol. The first kappa shape index (κ1) is 17.8. The summed E-state index contributed by atoms with van der Waals surface area (Å²) in [6, 6.07) is 19.0. The minimum Gasteiger partial charge on any atom is -0.361 e. The number of fused-ring (bicyclic) bond motifs is 1. The van der Waals surface area contributed by atoms with Crippen LogP contribution in [0, 0.1) is 18.3 Å². The van der Waals surface area contributed by atoms with E-state index in [4.69, 9.17) is 0 Å². The van der Waals surface area contributed by atoms with Crippen LogP contribution in [0.3, 0.4) is 0 Å². The van der Waals surface area contributed by atoms with E-state index in [0.717, 1.165) is 47.3 Å². The number of nitrogens with zero attached hydrogens (tertiary/aromatic N) is 2. The molecule has 2 aromatic carbocycles. The summed E-state index contributed by atoms with van der Waals surface area (Å²) in [4.78, 5) is 7.52. The number of anilines is 2. The summed E-state index contributed by atoms with van der Waals surface area (Å²) in [6.07, 6.45) is 8.33. The van der Waals surface area contributed by atoms with Gasteiger partial charge < -0.3 is 10.3 Å². The van der Waals surface area contributed by atoms with Gasteiger partial charge >= 0.3 is 0 Å². The number of aryl methyl sites for hydroxylation is 3. The van der Waals surface area contributed by atoms with Crippen LogP contribution in [0.5, 0.6) is 0 Å². The van der Waals surface area contributed by atoms with Crippen molar-refractivity contribution in [3.63, 3.8) is 0 Å². The van der Waals surface area contributed by atoms with Crippen molar-refractivity contribution in [2.45, 2.75) is 26.2 Å². The molecule has 0 fully saturated rings. The Kier molecular flexibility index (Phi) is 5.07. The van der Waals surface area contributed by atoms with Gasteiger partial charge in [0.05, 0.1) is 11.3 Å². The molecule has 0 spiro atoms. The Morgan fingerprint density at radius 2 is 1.89 bits per heavy atom. The monoisotopic (exact) mass is 366 g/mol. The van der Waals surface area contributed by atoms with Crippen molar-refractivity contribution in [1.29, 1.82) is 5.26 Å². The highest BCUT2D eigenvalue weighted by atomic mass is 14.9. The predicted octanol–water partition coefficient (Wildman–Crippen LogP) is 5.66. The summed E-state index contributed by atoms with van der Waals surface area (Å²) in [6.45, 7) is 2.10. The molecule has 4 nitrogen and oxygen atoms in total. The Hall–Kier alpha value is -3.58. The largest absolute Gasteiger partial charge is 0.361 e. The van der Waals surface area contributed by atoms with E-state index < -0.39 is 0 Å². The molecule has 0 aliphatic heterocycles. The molecule has 0 radical (unpaired) electrons. The smallest absolute Gasteiger partial charge is 0.103 e. The van der Waals surface area contributed by atoms with Crippen molar-refractivity contribution < 1.29 is 0 Å². The lowest BCUT2D eigenvalue weighted by molar-refractivity contribution is 0.818. The molecule has 0 atom stereocenters. The third-order valence-electron chi connectivity index (χ3n) is 5.16. The molecule has 138 valence electrons. The number of rotatable bonds is 6. The highest BCUT2D eigenvalue weighted by Crippen LogP contribution is 2.30. The van der Waals surface area contributed by atoms with Gasteiger partial charge in [-0.25, -0.2) is 0 Å². The van der Waals surface area contributed by atoms with Crippen molar-refractivity contribution in [2.75, 3.05) is 5.32 Å². The molecule has 0 bridgehead atoms. The molecular weight excluding hydrogens is 344 g/mol. The molecule has 0 aliphatic rings. The van der Waals surface area contributed by atoms with Gasteiger partial charge in [-0.05, 0) is 61.1 Å². The topological polar surface area (TPSA) is 64.5 Å². The number of nitriles is 1. The third-order valence-corrected chi connectivity index (χ3v) is 5.16. The van der Waals surface area contributed by atoms with Gasteiger partial charge in [-0.15, -0.1) is 0 Å². The number of hydrogen-bond acceptors (Lipinski definition) is 3. The van der Waals surface area contributed by atoms with Gasteiger partial charge in [0.2, 0.25) is 0 Å². The van der Waals surface area contributed by atoms with Crippen molar-refractivity contribution in [1.82, 2.24) is 9.97 Å². The van der Waals surface area contributed by atoms with Crippen LogP contribution in [0.1, 0.15) is 28.7 Å². The molecule has 0 unspecified atom stereocenters. The molecule has 0 amide bonds. The Morgan fingerprint density at radius 3 is 2.71 bits per heavy atom. The maximum atomic E-state index is 9.60. The summed E-state index contributed by atoms with van der Waals surface area (Å²) in [5.41, 5.74) is 7.13. The highest BCUT2D eigenvalue weighted by Gasteiger charge is 2.12. The molecule has 2 aromatic heterocycles. The van der Waals surface area contributed by atoms with Crippen LogP contribution >= 0.6 is 0 Å². The van der Waals surface area contributed by atoms with E-state index in [2.05, 4.69) is 70.7 Å². The second kappa shape index (κ2) is 7.98. The first-order chi connectivity index (χ1) is 13.8. The standard InChI is InChI=1S/C24H22N4/c1-17-21-12-13-27-23(21)11-10-22(17)28-24-19(15-26-16-20(24)14-25)9-5-8-18-6-3-2-4-7-18/h2-4,6-7,10-13,15-16,27H,5,8-9H2,1H3,(H,26,28). The van der Waals surface area contributed by atoms with Crippen LogP contribution in [-0.2, 0) is 12.8 Å². The summed E-state index contributed by atoms with van der Waals surface area (Å²) < 4.78 is 0. The van der Waals surface area contributed by atoms with Crippen molar-refractivity contribution >= 4 is 22.3 Å². The van der Waals surface area contributed by atoms with E-state index in [0.29, 0.717) is 5.56 Å². The van der Waals surface area contributed by atoms with Gasteiger partial charge in [0.1, 0.15) is 6.07 Å². The van der Waals surface area contributed by atoms with Crippen LogP contribution in [0.15, 0.2) is 67.1 Å². The Bertz CT molecular complexity index is 1140. The molecule has 0 saturated heterocycles. The zero-order chi connectivity index (χ0) is 19.3. The van der Waals surface area contributed by atoms with E-state index in [1.165, 1.54) is 10.9 Å². The second-order valence-electron chi connectivity index (χ2n) is 6.97. The average Bonchev–Trinajstić information content (AvgIpc) is 3.21. The Labute approximate surface area is 164 Å². The van der Waals surface area contributed by atoms with Crippen molar-refractivity contribution in [2.24, 2.45) is 0 Å². The molecule has 4 rings (SSSR count). The molecule has 4 heteroatoms. The summed E-state index contributed by atoms with van der Waals surface area (Å²) in [5.74, 6) is 0. The fraction of sp³-hybridized carbons (Fsp3) is 0.167. The number of benzene rings is 2. The van der Waals surface area contributed by atoms with E-state index in [1.54, 1.807) is 6.20 Å². The molecule has 2 heterocycles. The number of nitrogens with one attached hydrogen (secondary N) is 2. The molecular formula is C24H22N4. The van der Waals surface area contributed by atoms with Gasteiger partial charge in [-0.2, -0.15) is 5.26 Å². The van der Waals surface area contributed by atoms with E-state index in [9.17, 15) is 5.26 Å². The number of aromatic amines is 1. The lowest BCUT2D eigenvalue weighted by Crippen LogP contribution is -2.03. The Morgan fingerprint density at radius 1 is 1.04 bits per heavy atom. The SMILES string of the molecule is Cc1c(Nc2c(C#N)cncc2CCCc2ccccc2)ccc2[nH]ccc12. The number of pyridine rings is 1. The summed E-state index contributed by atoms with van der Waals surface area (Å²) in [5, 5.41) is 14.3. The molecule has 2 N–H and O–H groups in total. The third kappa shape index (κ3) is 3.60. The summed E-state index contributed by atoms with van der Waals surface area (Å²) in [7, 11) is 0. The van der Waals surface area contributed by atoms with Gasteiger partial charge in [-0.3, -0.25) is 4.98 Å². The van der Waals surface area contributed by atoms with Gasteiger partial charge in [0, 0.05) is 35.2 Å². The van der Waals surface area contributed by atoms with E-state index in [-0.39, 0.29) is 0 Å². The van der Waals surface area contributed by atoms with Crippen molar-refractivity contribution in [3.8, 4) is 6.07 Å². The molecule has 28 heavy (non-hydrogen) atoms. The fourth-order valence-electron chi connectivity index (χ4n) is 3.61. The second-order valence-corrected chi connectivity index (χ2v) is 6.97. The highest BCUT2D eigenvalue weighted by molar-refractivity contribution is 5.89. The molecule has 4 aromatic rings. The normalized spacial score (nSPS) is 10.7. The lowest BCUT2D eigenvalue weighted by Gasteiger charge is -2.15. The minimum absolute atomic E-state index is 0.575. The van der Waals surface area contributed by atoms with Gasteiger partial charge in [0.15, 0.2) is 0 Å². The Balaban J connectivity index is 1.60.